The number of nitrogens with zero attached hydrogens (tertiary/aromatic N) is 1. The fourth-order valence-corrected chi connectivity index (χ4v) is 2.87. The van der Waals surface area contributed by atoms with Crippen molar-refractivity contribution in [3.05, 3.63) is 0 Å². The van der Waals surface area contributed by atoms with Crippen LogP contribution >= 0.6 is 0 Å². The lowest BCUT2D eigenvalue weighted by molar-refractivity contribution is -0.151. The Morgan fingerprint density at radius 1 is 1.40 bits per heavy atom. The Labute approximate surface area is 121 Å². The normalized spacial score (nSPS) is 19.9. The third-order valence-corrected chi connectivity index (χ3v) is 4.07. The minimum atomic E-state index is -0.948. The van der Waals surface area contributed by atoms with Crippen LogP contribution in [0, 0.1) is 17.3 Å². The molecule has 0 aliphatic carbocycles. The molecule has 0 radical (unpaired) electrons. The quantitative estimate of drug-likeness (QED) is 0.777. The summed E-state index contributed by atoms with van der Waals surface area (Å²) >= 11 is 0. The van der Waals surface area contributed by atoms with Crippen LogP contribution in [0.1, 0.15) is 40.5 Å². The SMILES string of the molecule is CC(C)CN(CC(=O)O)C(=O)C(C)(C)C1CCCNC1. The van der Waals surface area contributed by atoms with Gasteiger partial charge >= 0.3 is 5.97 Å². The number of nitrogens with one attached hydrogen (secondary N) is 1. The van der Waals surface area contributed by atoms with Crippen molar-refractivity contribution in [3.8, 4) is 0 Å². The maximum absolute atomic E-state index is 12.8. The van der Waals surface area contributed by atoms with Gasteiger partial charge in [0.25, 0.3) is 0 Å². The maximum atomic E-state index is 12.8. The molecule has 0 aromatic heterocycles. The minimum absolute atomic E-state index is 0.0395. The van der Waals surface area contributed by atoms with E-state index in [4.69, 9.17) is 5.11 Å². The minimum Gasteiger partial charge on any atom is -0.480 e. The number of aliphatic carboxylic acids is 1. The number of carbonyl (C=O) groups excluding carboxylic acids is 1. The average Bonchev–Trinajstić information content (AvgIpc) is 2.37. The highest BCUT2D eigenvalue weighted by molar-refractivity contribution is 5.85. The lowest BCUT2D eigenvalue weighted by Gasteiger charge is -2.39. The van der Waals surface area contributed by atoms with Crippen LogP contribution in [-0.4, -0.2) is 48.1 Å². The zero-order valence-corrected chi connectivity index (χ0v) is 13.1. The molecule has 5 nitrogen and oxygen atoms in total. The van der Waals surface area contributed by atoms with Gasteiger partial charge in [0.05, 0.1) is 0 Å². The van der Waals surface area contributed by atoms with E-state index in [9.17, 15) is 9.59 Å². The zero-order valence-electron chi connectivity index (χ0n) is 13.1. The number of amides is 1. The largest absolute Gasteiger partial charge is 0.480 e. The predicted molar refractivity (Wildman–Crippen MR) is 78.4 cm³/mol. The zero-order chi connectivity index (χ0) is 15.3. The second-order valence-corrected chi connectivity index (χ2v) is 6.74. The summed E-state index contributed by atoms with van der Waals surface area (Å²) < 4.78 is 0. The third-order valence-electron chi connectivity index (χ3n) is 4.07. The van der Waals surface area contributed by atoms with E-state index in [1.165, 1.54) is 4.90 Å². The van der Waals surface area contributed by atoms with Gasteiger partial charge in [-0.3, -0.25) is 9.59 Å². The Hall–Kier alpha value is -1.10. The molecule has 1 saturated heterocycles. The van der Waals surface area contributed by atoms with Crippen LogP contribution < -0.4 is 5.32 Å². The lowest BCUT2D eigenvalue weighted by atomic mass is 9.74. The van der Waals surface area contributed by atoms with Crippen molar-refractivity contribution in [2.24, 2.45) is 17.3 Å². The first-order chi connectivity index (χ1) is 9.25. The van der Waals surface area contributed by atoms with E-state index in [0.29, 0.717) is 6.54 Å². The molecule has 1 rings (SSSR count). The summed E-state index contributed by atoms with van der Waals surface area (Å²) in [7, 11) is 0. The molecule has 116 valence electrons. The number of carbonyl (C=O) groups is 2. The van der Waals surface area contributed by atoms with Crippen molar-refractivity contribution in [3.63, 3.8) is 0 Å². The van der Waals surface area contributed by atoms with Gasteiger partial charge in [0, 0.05) is 12.0 Å². The monoisotopic (exact) mass is 284 g/mol. The first-order valence-corrected chi connectivity index (χ1v) is 7.47. The molecular weight excluding hydrogens is 256 g/mol. The lowest BCUT2D eigenvalue weighted by Crippen LogP contribution is -2.51. The van der Waals surface area contributed by atoms with Gasteiger partial charge in [-0.2, -0.15) is 0 Å². The van der Waals surface area contributed by atoms with Crippen LogP contribution in [0.3, 0.4) is 0 Å². The molecule has 1 amide bonds. The predicted octanol–water partition coefficient (Wildman–Crippen LogP) is 1.58. The molecule has 1 aliphatic heterocycles. The van der Waals surface area contributed by atoms with Gasteiger partial charge < -0.3 is 15.3 Å². The number of hydrogen-bond acceptors (Lipinski definition) is 3. The van der Waals surface area contributed by atoms with Crippen molar-refractivity contribution in [1.29, 1.82) is 0 Å². The number of piperidine rings is 1. The highest BCUT2D eigenvalue weighted by atomic mass is 16.4. The van der Waals surface area contributed by atoms with Gasteiger partial charge in [0.15, 0.2) is 0 Å². The Kier molecular flexibility index (Phi) is 5.99. The molecule has 0 spiro atoms. The second kappa shape index (κ2) is 7.07. The molecule has 1 heterocycles. The summed E-state index contributed by atoms with van der Waals surface area (Å²) in [5.41, 5.74) is -0.516. The van der Waals surface area contributed by atoms with Crippen LogP contribution in [0.2, 0.25) is 0 Å². The van der Waals surface area contributed by atoms with Crippen LogP contribution in [0.15, 0.2) is 0 Å². The number of carboxylic acid groups (broad SMARTS) is 1. The first-order valence-electron chi connectivity index (χ1n) is 7.47. The smallest absolute Gasteiger partial charge is 0.323 e. The first kappa shape index (κ1) is 17.0. The highest BCUT2D eigenvalue weighted by Gasteiger charge is 2.40. The molecule has 1 aliphatic rings. The fourth-order valence-electron chi connectivity index (χ4n) is 2.87. The molecule has 0 aromatic carbocycles. The Morgan fingerprint density at radius 3 is 2.50 bits per heavy atom. The molecule has 20 heavy (non-hydrogen) atoms. The summed E-state index contributed by atoms with van der Waals surface area (Å²) in [6.07, 6.45) is 2.10. The maximum Gasteiger partial charge on any atom is 0.323 e. The van der Waals surface area contributed by atoms with E-state index in [2.05, 4.69) is 5.32 Å². The van der Waals surface area contributed by atoms with Crippen molar-refractivity contribution in [1.82, 2.24) is 10.2 Å². The van der Waals surface area contributed by atoms with Gasteiger partial charge in [0.1, 0.15) is 6.54 Å². The summed E-state index contributed by atoms with van der Waals surface area (Å²) in [6.45, 7) is 10.0. The molecule has 0 saturated carbocycles. The van der Waals surface area contributed by atoms with E-state index in [0.717, 1.165) is 25.9 Å². The molecule has 2 N–H and O–H groups in total. The molecule has 1 fully saturated rings. The highest BCUT2D eigenvalue weighted by Crippen LogP contribution is 2.33. The Bertz CT molecular complexity index is 347. The van der Waals surface area contributed by atoms with Crippen molar-refractivity contribution in [2.45, 2.75) is 40.5 Å². The Morgan fingerprint density at radius 2 is 2.05 bits per heavy atom. The third kappa shape index (κ3) is 4.47. The van der Waals surface area contributed by atoms with E-state index >= 15 is 0 Å². The van der Waals surface area contributed by atoms with Crippen molar-refractivity contribution >= 4 is 11.9 Å². The van der Waals surface area contributed by atoms with Crippen LogP contribution in [0.25, 0.3) is 0 Å². The van der Waals surface area contributed by atoms with Gasteiger partial charge in [-0.25, -0.2) is 0 Å². The van der Waals surface area contributed by atoms with Gasteiger partial charge in [-0.1, -0.05) is 27.7 Å². The number of rotatable bonds is 6. The standard InChI is InChI=1S/C15H28N2O3/c1-11(2)9-17(10-13(18)19)14(20)15(3,4)12-6-5-7-16-8-12/h11-12,16H,5-10H2,1-4H3,(H,18,19). The average molecular weight is 284 g/mol. The molecule has 1 unspecified atom stereocenters. The number of hydrogen-bond donors (Lipinski definition) is 2. The summed E-state index contributed by atoms with van der Waals surface area (Å²) in [5.74, 6) is -0.454. The molecule has 5 heteroatoms. The van der Waals surface area contributed by atoms with Gasteiger partial charge in [-0.15, -0.1) is 0 Å². The van der Waals surface area contributed by atoms with E-state index in [-0.39, 0.29) is 24.3 Å². The van der Waals surface area contributed by atoms with Crippen LogP contribution in [0.5, 0.6) is 0 Å². The summed E-state index contributed by atoms with van der Waals surface area (Å²) in [4.78, 5) is 25.3. The van der Waals surface area contributed by atoms with Crippen LogP contribution in [-0.2, 0) is 9.59 Å². The Balaban J connectivity index is 2.81. The van der Waals surface area contributed by atoms with Crippen molar-refractivity contribution in [2.75, 3.05) is 26.2 Å². The fraction of sp³-hybridized carbons (Fsp3) is 0.867. The molecule has 0 aromatic rings. The van der Waals surface area contributed by atoms with Crippen LogP contribution in [0.4, 0.5) is 0 Å². The number of carboxylic acids is 1. The van der Waals surface area contributed by atoms with Gasteiger partial charge in [0.2, 0.25) is 5.91 Å². The topological polar surface area (TPSA) is 69.6 Å². The summed E-state index contributed by atoms with van der Waals surface area (Å²) in [5, 5.41) is 12.3. The summed E-state index contributed by atoms with van der Waals surface area (Å²) in [6, 6.07) is 0. The molecule has 1 atom stereocenters. The van der Waals surface area contributed by atoms with Crippen molar-refractivity contribution < 1.29 is 14.7 Å². The molecule has 0 bridgehead atoms. The van der Waals surface area contributed by atoms with Gasteiger partial charge in [-0.05, 0) is 37.8 Å². The van der Waals surface area contributed by atoms with E-state index in [1.807, 2.05) is 27.7 Å². The van der Waals surface area contributed by atoms with E-state index < -0.39 is 11.4 Å². The second-order valence-electron chi connectivity index (χ2n) is 6.74. The molecular formula is C15H28N2O3. The van der Waals surface area contributed by atoms with E-state index in [1.54, 1.807) is 0 Å².